The second-order valence-corrected chi connectivity index (χ2v) is 3.82. The lowest BCUT2D eigenvalue weighted by molar-refractivity contribution is -0.143. The molecule has 1 fully saturated rings. The first-order chi connectivity index (χ1) is 7.81. The molecule has 98 valence electrons. The highest BCUT2D eigenvalue weighted by Crippen LogP contribution is 2.18. The smallest absolute Gasteiger partial charge is 0.405 e. The number of rotatable bonds is 2. The van der Waals surface area contributed by atoms with Gasteiger partial charge in [-0.1, -0.05) is 0 Å². The maximum Gasteiger partial charge on any atom is 0.405 e. The van der Waals surface area contributed by atoms with Crippen molar-refractivity contribution in [2.45, 2.75) is 31.5 Å². The SMILES string of the molecule is O=C(O)[C@H]1CCCCN1C(=O)NCC(F)(F)F. The van der Waals surface area contributed by atoms with E-state index >= 15 is 0 Å². The summed E-state index contributed by atoms with van der Waals surface area (Å²) in [4.78, 5) is 23.2. The zero-order chi connectivity index (χ0) is 13.1. The van der Waals surface area contributed by atoms with Crippen molar-refractivity contribution in [3.05, 3.63) is 0 Å². The molecule has 1 aliphatic rings. The molecule has 0 saturated carbocycles. The molecule has 0 radical (unpaired) electrons. The van der Waals surface area contributed by atoms with Gasteiger partial charge in [0.1, 0.15) is 12.6 Å². The van der Waals surface area contributed by atoms with Crippen LogP contribution in [0.5, 0.6) is 0 Å². The number of carboxylic acids is 1. The average molecular weight is 254 g/mol. The van der Waals surface area contributed by atoms with Crippen LogP contribution in [0.25, 0.3) is 0 Å². The molecule has 17 heavy (non-hydrogen) atoms. The Kier molecular flexibility index (Phi) is 4.19. The molecule has 0 unspecified atom stereocenters. The third kappa shape index (κ3) is 4.12. The third-order valence-corrected chi connectivity index (χ3v) is 2.49. The van der Waals surface area contributed by atoms with Crippen LogP contribution in [0.3, 0.4) is 0 Å². The number of halogens is 3. The Morgan fingerprint density at radius 3 is 2.53 bits per heavy atom. The van der Waals surface area contributed by atoms with Crippen LogP contribution in [0.2, 0.25) is 0 Å². The van der Waals surface area contributed by atoms with E-state index in [0.29, 0.717) is 12.8 Å². The van der Waals surface area contributed by atoms with E-state index in [4.69, 9.17) is 5.11 Å². The summed E-state index contributed by atoms with van der Waals surface area (Å²) < 4.78 is 35.7. The minimum atomic E-state index is -4.50. The largest absolute Gasteiger partial charge is 0.480 e. The Bertz CT molecular complexity index is 306. The number of piperidine rings is 1. The Morgan fingerprint density at radius 1 is 1.35 bits per heavy atom. The van der Waals surface area contributed by atoms with E-state index in [-0.39, 0.29) is 13.0 Å². The summed E-state index contributed by atoms with van der Waals surface area (Å²) in [6.07, 6.45) is -2.97. The normalized spacial score (nSPS) is 21.1. The van der Waals surface area contributed by atoms with Crippen LogP contribution >= 0.6 is 0 Å². The Hall–Kier alpha value is -1.47. The maximum absolute atomic E-state index is 11.9. The molecule has 5 nitrogen and oxygen atoms in total. The highest BCUT2D eigenvalue weighted by atomic mass is 19.4. The summed E-state index contributed by atoms with van der Waals surface area (Å²) in [6, 6.07) is -2.01. The van der Waals surface area contributed by atoms with Crippen molar-refractivity contribution in [2.75, 3.05) is 13.1 Å². The quantitative estimate of drug-likeness (QED) is 0.777. The fourth-order valence-electron chi connectivity index (χ4n) is 1.71. The topological polar surface area (TPSA) is 69.6 Å². The van der Waals surface area contributed by atoms with Gasteiger partial charge in [0.25, 0.3) is 0 Å². The van der Waals surface area contributed by atoms with Crippen LogP contribution in [-0.2, 0) is 4.79 Å². The first-order valence-corrected chi connectivity index (χ1v) is 5.15. The summed E-state index contributed by atoms with van der Waals surface area (Å²) in [5, 5.41) is 10.5. The Morgan fingerprint density at radius 2 is 2.00 bits per heavy atom. The second-order valence-electron chi connectivity index (χ2n) is 3.82. The first kappa shape index (κ1) is 13.6. The van der Waals surface area contributed by atoms with Crippen molar-refractivity contribution < 1.29 is 27.9 Å². The van der Waals surface area contributed by atoms with Crippen LogP contribution < -0.4 is 5.32 Å². The van der Waals surface area contributed by atoms with Gasteiger partial charge in [0.05, 0.1) is 0 Å². The zero-order valence-electron chi connectivity index (χ0n) is 8.96. The lowest BCUT2D eigenvalue weighted by Crippen LogP contribution is -2.53. The molecule has 8 heteroatoms. The summed E-state index contributed by atoms with van der Waals surface area (Å²) in [7, 11) is 0. The summed E-state index contributed by atoms with van der Waals surface area (Å²) in [5.41, 5.74) is 0. The fraction of sp³-hybridized carbons (Fsp3) is 0.778. The molecule has 1 atom stereocenters. The van der Waals surface area contributed by atoms with Crippen molar-refractivity contribution >= 4 is 12.0 Å². The molecule has 0 spiro atoms. The van der Waals surface area contributed by atoms with Crippen LogP contribution in [0.4, 0.5) is 18.0 Å². The predicted molar refractivity (Wildman–Crippen MR) is 51.4 cm³/mol. The van der Waals surface area contributed by atoms with Gasteiger partial charge >= 0.3 is 18.2 Å². The van der Waals surface area contributed by atoms with E-state index in [9.17, 15) is 22.8 Å². The van der Waals surface area contributed by atoms with E-state index in [1.54, 1.807) is 5.32 Å². The Labute approximate surface area is 95.6 Å². The number of hydrogen-bond donors (Lipinski definition) is 2. The monoisotopic (exact) mass is 254 g/mol. The number of nitrogens with one attached hydrogen (secondary N) is 1. The lowest BCUT2D eigenvalue weighted by atomic mass is 10.0. The van der Waals surface area contributed by atoms with Crippen LogP contribution in [0, 0.1) is 0 Å². The zero-order valence-corrected chi connectivity index (χ0v) is 8.96. The molecule has 0 aromatic rings. The molecule has 2 amide bonds. The van der Waals surface area contributed by atoms with Gasteiger partial charge in [0, 0.05) is 6.54 Å². The van der Waals surface area contributed by atoms with Gasteiger partial charge in [-0.2, -0.15) is 13.2 Å². The number of carbonyl (C=O) groups is 2. The van der Waals surface area contributed by atoms with Crippen molar-refractivity contribution in [3.8, 4) is 0 Å². The number of carbonyl (C=O) groups excluding carboxylic acids is 1. The van der Waals surface area contributed by atoms with Crippen LogP contribution in [-0.4, -0.2) is 47.3 Å². The fourth-order valence-corrected chi connectivity index (χ4v) is 1.71. The number of hydrogen-bond acceptors (Lipinski definition) is 2. The van der Waals surface area contributed by atoms with Crippen molar-refractivity contribution in [3.63, 3.8) is 0 Å². The van der Waals surface area contributed by atoms with Gasteiger partial charge in [-0.25, -0.2) is 9.59 Å². The molecule has 0 bridgehead atoms. The number of aliphatic carboxylic acids is 1. The van der Waals surface area contributed by atoms with Gasteiger partial charge in [0.2, 0.25) is 0 Å². The van der Waals surface area contributed by atoms with Gasteiger partial charge < -0.3 is 15.3 Å². The minimum absolute atomic E-state index is 0.167. The average Bonchev–Trinajstić information content (AvgIpc) is 2.25. The molecule has 0 aromatic heterocycles. The Balaban J connectivity index is 2.56. The number of urea groups is 1. The van der Waals surface area contributed by atoms with E-state index in [0.717, 1.165) is 4.90 Å². The van der Waals surface area contributed by atoms with Gasteiger partial charge in [-0.15, -0.1) is 0 Å². The van der Waals surface area contributed by atoms with Crippen molar-refractivity contribution in [1.82, 2.24) is 10.2 Å². The molecule has 1 heterocycles. The highest BCUT2D eigenvalue weighted by Gasteiger charge is 2.34. The molecular weight excluding hydrogens is 241 g/mol. The number of likely N-dealkylation sites (tertiary alicyclic amines) is 1. The third-order valence-electron chi connectivity index (χ3n) is 2.49. The molecular formula is C9H13F3N2O3. The maximum atomic E-state index is 11.9. The number of nitrogens with zero attached hydrogens (tertiary/aromatic N) is 1. The summed E-state index contributed by atoms with van der Waals surface area (Å²) >= 11 is 0. The molecule has 0 aromatic carbocycles. The van der Waals surface area contributed by atoms with E-state index < -0.39 is 30.8 Å². The van der Waals surface area contributed by atoms with Gasteiger partial charge in [-0.05, 0) is 19.3 Å². The number of alkyl halides is 3. The molecule has 0 aliphatic carbocycles. The molecule has 1 rings (SSSR count). The standard InChI is InChI=1S/C9H13F3N2O3/c10-9(11,12)5-13-8(17)14-4-2-1-3-6(14)7(15)16/h6H,1-5H2,(H,13,17)(H,15,16)/t6-/m1/s1. The van der Waals surface area contributed by atoms with E-state index in [2.05, 4.69) is 0 Å². The van der Waals surface area contributed by atoms with Gasteiger partial charge in [0.15, 0.2) is 0 Å². The summed E-state index contributed by atoms with van der Waals surface area (Å²) in [5.74, 6) is -1.19. The molecule has 1 saturated heterocycles. The van der Waals surface area contributed by atoms with E-state index in [1.807, 2.05) is 0 Å². The van der Waals surface area contributed by atoms with Gasteiger partial charge in [-0.3, -0.25) is 0 Å². The second kappa shape index (κ2) is 5.24. The first-order valence-electron chi connectivity index (χ1n) is 5.15. The molecule has 2 N–H and O–H groups in total. The highest BCUT2D eigenvalue weighted by molar-refractivity contribution is 5.82. The lowest BCUT2D eigenvalue weighted by Gasteiger charge is -2.32. The minimum Gasteiger partial charge on any atom is -0.480 e. The number of amides is 2. The van der Waals surface area contributed by atoms with Crippen molar-refractivity contribution in [1.29, 1.82) is 0 Å². The molecule has 1 aliphatic heterocycles. The van der Waals surface area contributed by atoms with Crippen LogP contribution in [0.15, 0.2) is 0 Å². The summed E-state index contributed by atoms with van der Waals surface area (Å²) in [6.45, 7) is -1.28. The van der Waals surface area contributed by atoms with E-state index in [1.165, 1.54) is 0 Å². The predicted octanol–water partition coefficient (Wildman–Crippen LogP) is 1.20. The number of carboxylic acid groups (broad SMARTS) is 1. The van der Waals surface area contributed by atoms with Crippen molar-refractivity contribution in [2.24, 2.45) is 0 Å². The van der Waals surface area contributed by atoms with Crippen LogP contribution in [0.1, 0.15) is 19.3 Å².